The Morgan fingerprint density at radius 3 is 2.86 bits per heavy atom. The number of amides is 1. The highest BCUT2D eigenvalue weighted by atomic mass is 32.1. The highest BCUT2D eigenvalue weighted by Crippen LogP contribution is 2.21. The molecule has 1 saturated heterocycles. The Morgan fingerprint density at radius 2 is 2.05 bits per heavy atom. The lowest BCUT2D eigenvalue weighted by Gasteiger charge is -2.26. The molecule has 0 atom stereocenters. The van der Waals surface area contributed by atoms with Crippen molar-refractivity contribution in [1.82, 2.24) is 15.2 Å². The van der Waals surface area contributed by atoms with E-state index >= 15 is 0 Å². The summed E-state index contributed by atoms with van der Waals surface area (Å²) in [6.45, 7) is 3.35. The lowest BCUT2D eigenvalue weighted by molar-refractivity contribution is -0.131. The molecule has 0 spiro atoms. The number of likely N-dealkylation sites (tertiary alicyclic amines) is 1. The summed E-state index contributed by atoms with van der Waals surface area (Å²) >= 11 is 1.72. The molecule has 4 nitrogen and oxygen atoms in total. The van der Waals surface area contributed by atoms with Crippen molar-refractivity contribution in [3.63, 3.8) is 0 Å². The molecule has 3 rings (SSSR count). The second-order valence-corrected chi connectivity index (χ2v) is 6.56. The maximum atomic E-state index is 12.0. The van der Waals surface area contributed by atoms with Gasteiger partial charge >= 0.3 is 0 Å². The highest BCUT2D eigenvalue weighted by Gasteiger charge is 2.15. The molecule has 1 N–H and O–H groups in total. The Balaban J connectivity index is 1.42. The van der Waals surface area contributed by atoms with Crippen LogP contribution in [0, 0.1) is 0 Å². The average molecular weight is 303 g/mol. The van der Waals surface area contributed by atoms with Crippen molar-refractivity contribution in [3.8, 4) is 0 Å². The van der Waals surface area contributed by atoms with E-state index in [0.29, 0.717) is 6.42 Å². The van der Waals surface area contributed by atoms with Crippen molar-refractivity contribution >= 4 is 27.5 Å². The average Bonchev–Trinajstić information content (AvgIpc) is 2.95. The summed E-state index contributed by atoms with van der Waals surface area (Å²) in [6, 6.07) is 8.18. The number of nitrogens with one attached hydrogen (secondary N) is 1. The van der Waals surface area contributed by atoms with E-state index in [1.165, 1.54) is 11.1 Å². The van der Waals surface area contributed by atoms with E-state index in [4.69, 9.17) is 0 Å². The van der Waals surface area contributed by atoms with Gasteiger partial charge in [-0.1, -0.05) is 12.1 Å². The Morgan fingerprint density at radius 1 is 1.24 bits per heavy atom. The van der Waals surface area contributed by atoms with Crippen LogP contribution < -0.4 is 5.32 Å². The van der Waals surface area contributed by atoms with Crippen LogP contribution in [0.3, 0.4) is 0 Å². The maximum absolute atomic E-state index is 12.0. The van der Waals surface area contributed by atoms with E-state index in [0.717, 1.165) is 49.5 Å². The van der Waals surface area contributed by atoms with Gasteiger partial charge in [0.2, 0.25) is 5.91 Å². The molecule has 21 heavy (non-hydrogen) atoms. The second kappa shape index (κ2) is 7.00. The first-order valence-electron chi connectivity index (χ1n) is 7.66. The van der Waals surface area contributed by atoms with Crippen LogP contribution in [0.4, 0.5) is 0 Å². The SMILES string of the molecule is O=C(CCNCc1nc2ccccc2s1)N1CCCCC1. The zero-order chi connectivity index (χ0) is 14.5. The standard InChI is InChI=1S/C16H21N3OS/c20-16(19-10-4-1-5-11-19)8-9-17-12-15-18-13-6-2-3-7-14(13)21-15/h2-3,6-7,17H,1,4-5,8-12H2. The number of thiazole rings is 1. The summed E-state index contributed by atoms with van der Waals surface area (Å²) in [5.41, 5.74) is 1.06. The molecule has 1 amide bonds. The number of rotatable bonds is 5. The molecule has 1 fully saturated rings. The Labute approximate surface area is 129 Å². The normalized spacial score (nSPS) is 15.5. The number of aromatic nitrogens is 1. The first-order chi connectivity index (χ1) is 10.3. The molecule has 1 aromatic heterocycles. The molecule has 1 aliphatic rings. The quantitative estimate of drug-likeness (QED) is 0.864. The summed E-state index contributed by atoms with van der Waals surface area (Å²) in [5.74, 6) is 0.284. The summed E-state index contributed by atoms with van der Waals surface area (Å²) in [4.78, 5) is 18.6. The molecular formula is C16H21N3OS. The van der Waals surface area contributed by atoms with Gasteiger partial charge in [-0.15, -0.1) is 11.3 Å². The van der Waals surface area contributed by atoms with Crippen molar-refractivity contribution in [2.24, 2.45) is 0 Å². The maximum Gasteiger partial charge on any atom is 0.223 e. The van der Waals surface area contributed by atoms with E-state index in [9.17, 15) is 4.79 Å². The lowest BCUT2D eigenvalue weighted by atomic mass is 10.1. The molecule has 112 valence electrons. The van der Waals surface area contributed by atoms with Gasteiger partial charge in [-0.2, -0.15) is 0 Å². The van der Waals surface area contributed by atoms with E-state index in [1.807, 2.05) is 23.1 Å². The zero-order valence-electron chi connectivity index (χ0n) is 12.2. The fraction of sp³-hybridized carbons (Fsp3) is 0.500. The predicted octanol–water partition coefficient (Wildman–Crippen LogP) is 2.79. The highest BCUT2D eigenvalue weighted by molar-refractivity contribution is 7.18. The number of hydrogen-bond acceptors (Lipinski definition) is 4. The molecule has 2 aromatic rings. The minimum atomic E-state index is 0.284. The van der Waals surface area contributed by atoms with Crippen LogP contribution in [0.15, 0.2) is 24.3 Å². The molecule has 1 aromatic carbocycles. The summed E-state index contributed by atoms with van der Waals surface area (Å²) in [6.07, 6.45) is 4.17. The largest absolute Gasteiger partial charge is 0.343 e. The zero-order valence-corrected chi connectivity index (χ0v) is 13.0. The van der Waals surface area contributed by atoms with Gasteiger partial charge in [-0.25, -0.2) is 4.98 Å². The third-order valence-electron chi connectivity index (χ3n) is 3.84. The van der Waals surface area contributed by atoms with Crippen molar-refractivity contribution < 1.29 is 4.79 Å². The molecule has 0 unspecified atom stereocenters. The van der Waals surface area contributed by atoms with E-state index in [-0.39, 0.29) is 5.91 Å². The van der Waals surface area contributed by atoms with Gasteiger partial charge in [0, 0.05) is 32.6 Å². The Bertz CT molecular complexity index is 571. The molecule has 1 aliphatic heterocycles. The fourth-order valence-corrected chi connectivity index (χ4v) is 3.62. The van der Waals surface area contributed by atoms with Gasteiger partial charge in [0.05, 0.1) is 10.2 Å². The number of carbonyl (C=O) groups is 1. The van der Waals surface area contributed by atoms with Gasteiger partial charge in [-0.05, 0) is 31.4 Å². The molecule has 2 heterocycles. The number of benzene rings is 1. The van der Waals surface area contributed by atoms with Crippen LogP contribution in [0.2, 0.25) is 0 Å². The number of hydrogen-bond donors (Lipinski definition) is 1. The second-order valence-electron chi connectivity index (χ2n) is 5.44. The van der Waals surface area contributed by atoms with Crippen LogP contribution >= 0.6 is 11.3 Å². The number of para-hydroxylation sites is 1. The van der Waals surface area contributed by atoms with Gasteiger partial charge in [0.25, 0.3) is 0 Å². The van der Waals surface area contributed by atoms with Crippen molar-refractivity contribution in [2.45, 2.75) is 32.2 Å². The number of nitrogens with zero attached hydrogens (tertiary/aromatic N) is 2. The third-order valence-corrected chi connectivity index (χ3v) is 4.88. The Hall–Kier alpha value is -1.46. The van der Waals surface area contributed by atoms with Gasteiger partial charge in [0.15, 0.2) is 0 Å². The van der Waals surface area contributed by atoms with E-state index < -0.39 is 0 Å². The fourth-order valence-electron chi connectivity index (χ4n) is 2.69. The van der Waals surface area contributed by atoms with Crippen LogP contribution in [-0.2, 0) is 11.3 Å². The van der Waals surface area contributed by atoms with E-state index in [1.54, 1.807) is 11.3 Å². The summed E-state index contributed by atoms with van der Waals surface area (Å²) in [5, 5.41) is 4.42. The molecule has 0 aliphatic carbocycles. The number of fused-ring (bicyclic) bond motifs is 1. The van der Waals surface area contributed by atoms with Crippen LogP contribution in [-0.4, -0.2) is 35.4 Å². The summed E-state index contributed by atoms with van der Waals surface area (Å²) in [7, 11) is 0. The third kappa shape index (κ3) is 3.80. The number of carbonyl (C=O) groups excluding carboxylic acids is 1. The predicted molar refractivity (Wildman–Crippen MR) is 86.4 cm³/mol. The number of piperidine rings is 1. The van der Waals surface area contributed by atoms with Gasteiger partial charge < -0.3 is 10.2 Å². The van der Waals surface area contributed by atoms with Crippen molar-refractivity contribution in [2.75, 3.05) is 19.6 Å². The van der Waals surface area contributed by atoms with Crippen molar-refractivity contribution in [3.05, 3.63) is 29.3 Å². The Kier molecular flexibility index (Phi) is 4.83. The van der Waals surface area contributed by atoms with Crippen LogP contribution in [0.25, 0.3) is 10.2 Å². The topological polar surface area (TPSA) is 45.2 Å². The molecule has 0 saturated carbocycles. The smallest absolute Gasteiger partial charge is 0.223 e. The minimum absolute atomic E-state index is 0.284. The molecule has 0 radical (unpaired) electrons. The van der Waals surface area contributed by atoms with Crippen molar-refractivity contribution in [1.29, 1.82) is 0 Å². The van der Waals surface area contributed by atoms with Crippen LogP contribution in [0.1, 0.15) is 30.7 Å². The van der Waals surface area contributed by atoms with E-state index in [2.05, 4.69) is 16.4 Å². The first kappa shape index (κ1) is 14.5. The molecular weight excluding hydrogens is 282 g/mol. The minimum Gasteiger partial charge on any atom is -0.343 e. The van der Waals surface area contributed by atoms with Gasteiger partial charge in [-0.3, -0.25) is 4.79 Å². The summed E-state index contributed by atoms with van der Waals surface area (Å²) < 4.78 is 1.22. The first-order valence-corrected chi connectivity index (χ1v) is 8.47. The molecule has 0 bridgehead atoms. The monoisotopic (exact) mass is 303 g/mol. The van der Waals surface area contributed by atoms with Crippen LogP contribution in [0.5, 0.6) is 0 Å². The molecule has 5 heteroatoms. The van der Waals surface area contributed by atoms with Gasteiger partial charge in [0.1, 0.15) is 5.01 Å². The lowest BCUT2D eigenvalue weighted by Crippen LogP contribution is -2.37.